The van der Waals surface area contributed by atoms with Crippen molar-refractivity contribution in [3.63, 3.8) is 0 Å². The molecular weight excluding hydrogens is 250 g/mol. The maximum Gasteiger partial charge on any atom is 0.0981 e. The Bertz CT molecular complexity index is 411. The molecule has 0 N–H and O–H groups in total. The van der Waals surface area contributed by atoms with Crippen molar-refractivity contribution >= 4 is 11.3 Å². The Hall–Kier alpha value is -0.370. The minimum atomic E-state index is 0.200. The summed E-state index contributed by atoms with van der Waals surface area (Å²) >= 11 is 1.94. The normalized spacial score (nSPS) is 25.6. The zero-order chi connectivity index (χ0) is 14.3. The van der Waals surface area contributed by atoms with Crippen molar-refractivity contribution in [2.75, 3.05) is 0 Å². The quantitative estimate of drug-likeness (QED) is 0.637. The van der Waals surface area contributed by atoms with Gasteiger partial charge < -0.3 is 0 Å². The van der Waals surface area contributed by atoms with Crippen molar-refractivity contribution < 1.29 is 0 Å². The standard InChI is InChI=1S/C17H29NS/c1-16(2,3)13-9-7-12(8-10-13)14-11-18-15(19-14)17(4,5)6/h11-13H,7-10H2,1-6H3. The third kappa shape index (κ3) is 3.59. The number of thiazole rings is 1. The van der Waals surface area contributed by atoms with Crippen molar-refractivity contribution in [2.45, 2.75) is 78.6 Å². The van der Waals surface area contributed by atoms with Gasteiger partial charge in [-0.2, -0.15) is 0 Å². The van der Waals surface area contributed by atoms with Crippen LogP contribution in [0.4, 0.5) is 0 Å². The minimum Gasteiger partial charge on any atom is -0.249 e. The van der Waals surface area contributed by atoms with Crippen LogP contribution in [0.1, 0.15) is 83.0 Å². The average Bonchev–Trinajstić information content (AvgIpc) is 2.77. The van der Waals surface area contributed by atoms with Crippen LogP contribution in [0.5, 0.6) is 0 Å². The molecule has 2 heteroatoms. The highest BCUT2D eigenvalue weighted by Gasteiger charge is 2.31. The predicted octanol–water partition coefficient (Wildman–Crippen LogP) is 5.76. The van der Waals surface area contributed by atoms with E-state index in [1.807, 2.05) is 11.3 Å². The summed E-state index contributed by atoms with van der Waals surface area (Å²) in [4.78, 5) is 6.17. The Kier molecular flexibility index (Phi) is 4.11. The predicted molar refractivity (Wildman–Crippen MR) is 85.0 cm³/mol. The molecule has 0 atom stereocenters. The molecule has 1 aromatic rings. The molecule has 0 aliphatic heterocycles. The lowest BCUT2D eigenvalue weighted by Crippen LogP contribution is -2.25. The number of hydrogen-bond donors (Lipinski definition) is 0. The number of rotatable bonds is 1. The van der Waals surface area contributed by atoms with Gasteiger partial charge in [0.1, 0.15) is 0 Å². The van der Waals surface area contributed by atoms with Crippen molar-refractivity contribution in [1.82, 2.24) is 4.98 Å². The van der Waals surface area contributed by atoms with E-state index in [1.54, 1.807) is 0 Å². The fourth-order valence-electron chi connectivity index (χ4n) is 3.07. The van der Waals surface area contributed by atoms with Gasteiger partial charge in [0.05, 0.1) is 5.01 Å². The third-order valence-corrected chi connectivity index (χ3v) is 6.11. The molecule has 0 saturated heterocycles. The van der Waals surface area contributed by atoms with Crippen LogP contribution >= 0.6 is 11.3 Å². The largest absolute Gasteiger partial charge is 0.249 e. The van der Waals surface area contributed by atoms with E-state index in [9.17, 15) is 0 Å². The molecule has 0 radical (unpaired) electrons. The fourth-order valence-corrected chi connectivity index (χ4v) is 4.21. The van der Waals surface area contributed by atoms with Crippen LogP contribution in [-0.4, -0.2) is 4.98 Å². The van der Waals surface area contributed by atoms with Crippen LogP contribution in [0.2, 0.25) is 0 Å². The summed E-state index contributed by atoms with van der Waals surface area (Å²) in [6.07, 6.45) is 7.63. The minimum absolute atomic E-state index is 0.200. The molecule has 1 saturated carbocycles. The van der Waals surface area contributed by atoms with Crippen molar-refractivity contribution in [1.29, 1.82) is 0 Å². The molecule has 0 spiro atoms. The van der Waals surface area contributed by atoms with Crippen LogP contribution in [-0.2, 0) is 5.41 Å². The molecule has 0 amide bonds. The fraction of sp³-hybridized carbons (Fsp3) is 0.824. The van der Waals surface area contributed by atoms with Crippen molar-refractivity contribution in [2.24, 2.45) is 11.3 Å². The van der Waals surface area contributed by atoms with E-state index in [1.165, 1.54) is 35.6 Å². The van der Waals surface area contributed by atoms with Crippen LogP contribution in [0.25, 0.3) is 0 Å². The zero-order valence-electron chi connectivity index (χ0n) is 13.4. The van der Waals surface area contributed by atoms with Gasteiger partial charge in [0, 0.05) is 16.5 Å². The number of nitrogens with zero attached hydrogens (tertiary/aromatic N) is 1. The highest BCUT2D eigenvalue weighted by atomic mass is 32.1. The van der Waals surface area contributed by atoms with E-state index in [2.05, 4.69) is 52.7 Å². The van der Waals surface area contributed by atoms with Crippen LogP contribution in [0, 0.1) is 11.3 Å². The van der Waals surface area contributed by atoms with Gasteiger partial charge in [-0.3, -0.25) is 0 Å². The van der Waals surface area contributed by atoms with Gasteiger partial charge in [-0.25, -0.2) is 4.98 Å². The molecule has 0 aromatic carbocycles. The molecular formula is C17H29NS. The smallest absolute Gasteiger partial charge is 0.0981 e. The van der Waals surface area contributed by atoms with Gasteiger partial charge in [-0.05, 0) is 42.9 Å². The summed E-state index contributed by atoms with van der Waals surface area (Å²) in [7, 11) is 0. The van der Waals surface area contributed by atoms with Gasteiger partial charge in [0.2, 0.25) is 0 Å². The summed E-state index contributed by atoms with van der Waals surface area (Å²) in [5.41, 5.74) is 0.681. The van der Waals surface area contributed by atoms with E-state index >= 15 is 0 Å². The molecule has 1 aliphatic carbocycles. The first-order chi connectivity index (χ1) is 8.68. The summed E-state index contributed by atoms with van der Waals surface area (Å²) in [5.74, 6) is 1.67. The molecule has 0 bridgehead atoms. The topological polar surface area (TPSA) is 12.9 Å². The lowest BCUT2D eigenvalue weighted by molar-refractivity contribution is 0.170. The average molecular weight is 279 g/mol. The first-order valence-electron chi connectivity index (χ1n) is 7.64. The maximum atomic E-state index is 4.65. The van der Waals surface area contributed by atoms with E-state index in [-0.39, 0.29) is 5.41 Å². The van der Waals surface area contributed by atoms with Crippen LogP contribution < -0.4 is 0 Å². The third-order valence-electron chi connectivity index (χ3n) is 4.52. The summed E-state index contributed by atoms with van der Waals surface area (Å²) in [5, 5.41) is 1.29. The Morgan fingerprint density at radius 1 is 1.00 bits per heavy atom. The van der Waals surface area contributed by atoms with E-state index < -0.39 is 0 Å². The number of aromatic nitrogens is 1. The Balaban J connectivity index is 2.00. The molecule has 1 nitrogen and oxygen atoms in total. The molecule has 1 aromatic heterocycles. The van der Waals surface area contributed by atoms with Crippen molar-refractivity contribution in [3.05, 3.63) is 16.1 Å². The molecule has 19 heavy (non-hydrogen) atoms. The van der Waals surface area contributed by atoms with Gasteiger partial charge in [0.15, 0.2) is 0 Å². The van der Waals surface area contributed by atoms with Crippen molar-refractivity contribution in [3.8, 4) is 0 Å². The SMILES string of the molecule is CC(C)(C)c1ncc(C2CCC(C(C)(C)C)CC2)s1. The lowest BCUT2D eigenvalue weighted by Gasteiger charge is -2.36. The monoisotopic (exact) mass is 279 g/mol. The first kappa shape index (κ1) is 15.0. The molecule has 1 fully saturated rings. The van der Waals surface area contributed by atoms with E-state index in [0.29, 0.717) is 5.41 Å². The maximum absolute atomic E-state index is 4.65. The van der Waals surface area contributed by atoms with E-state index in [4.69, 9.17) is 0 Å². The highest BCUT2D eigenvalue weighted by molar-refractivity contribution is 7.11. The zero-order valence-corrected chi connectivity index (χ0v) is 14.2. The van der Waals surface area contributed by atoms with Gasteiger partial charge in [-0.1, -0.05) is 41.5 Å². The van der Waals surface area contributed by atoms with Crippen LogP contribution in [0.15, 0.2) is 6.20 Å². The summed E-state index contributed by atoms with van der Waals surface area (Å²) in [6, 6.07) is 0. The summed E-state index contributed by atoms with van der Waals surface area (Å²) < 4.78 is 0. The molecule has 1 heterocycles. The Morgan fingerprint density at radius 3 is 2.00 bits per heavy atom. The second-order valence-electron chi connectivity index (χ2n) is 8.23. The first-order valence-corrected chi connectivity index (χ1v) is 8.46. The van der Waals surface area contributed by atoms with Gasteiger partial charge in [0.25, 0.3) is 0 Å². The Labute approximate surface area is 122 Å². The van der Waals surface area contributed by atoms with E-state index in [0.717, 1.165) is 11.8 Å². The van der Waals surface area contributed by atoms with Gasteiger partial charge >= 0.3 is 0 Å². The van der Waals surface area contributed by atoms with Crippen LogP contribution in [0.3, 0.4) is 0 Å². The molecule has 108 valence electrons. The summed E-state index contributed by atoms with van der Waals surface area (Å²) in [6.45, 7) is 13.9. The van der Waals surface area contributed by atoms with Gasteiger partial charge in [-0.15, -0.1) is 11.3 Å². The molecule has 0 unspecified atom stereocenters. The second kappa shape index (κ2) is 5.20. The second-order valence-corrected chi connectivity index (χ2v) is 9.29. The molecule has 1 aliphatic rings. The Morgan fingerprint density at radius 2 is 1.58 bits per heavy atom. The highest BCUT2D eigenvalue weighted by Crippen LogP contribution is 2.44. The lowest BCUT2D eigenvalue weighted by atomic mass is 9.70. The molecule has 2 rings (SSSR count). The number of hydrogen-bond acceptors (Lipinski definition) is 2.